The van der Waals surface area contributed by atoms with Crippen LogP contribution in [0.25, 0.3) is 0 Å². The molecule has 2 N–H and O–H groups in total. The minimum atomic E-state index is -1.09. The summed E-state index contributed by atoms with van der Waals surface area (Å²) < 4.78 is 1.78. The van der Waals surface area contributed by atoms with Gasteiger partial charge in [0.05, 0.1) is 18.4 Å². The number of hydrogen-bond donors (Lipinski definition) is 2. The lowest BCUT2D eigenvalue weighted by Crippen LogP contribution is -2.33. The maximum absolute atomic E-state index is 12.3. The number of amides is 1. The van der Waals surface area contributed by atoms with E-state index in [2.05, 4.69) is 33.9 Å². The fourth-order valence-electron chi connectivity index (χ4n) is 2.97. The van der Waals surface area contributed by atoms with E-state index < -0.39 is 12.0 Å². The number of nitrogens with one attached hydrogen (secondary N) is 1. The lowest BCUT2D eigenvalue weighted by atomic mass is 10.1. The lowest BCUT2D eigenvalue weighted by Gasteiger charge is -2.15. The molecular weight excluding hydrogens is 344 g/mol. The number of hydrogen-bond acceptors (Lipinski definition) is 4. The van der Waals surface area contributed by atoms with Gasteiger partial charge in [0.1, 0.15) is 0 Å². The molecule has 0 saturated carbocycles. The van der Waals surface area contributed by atoms with E-state index >= 15 is 0 Å². The van der Waals surface area contributed by atoms with Gasteiger partial charge in [0.2, 0.25) is 5.91 Å². The summed E-state index contributed by atoms with van der Waals surface area (Å²) in [5, 5.41) is 20.0. The Kier molecular flexibility index (Phi) is 6.14. The summed E-state index contributed by atoms with van der Waals surface area (Å²) in [6, 6.07) is 7.60. The van der Waals surface area contributed by atoms with Crippen molar-refractivity contribution in [3.63, 3.8) is 0 Å². The Morgan fingerprint density at radius 3 is 2.74 bits per heavy atom. The van der Waals surface area contributed by atoms with Crippen LogP contribution in [0.4, 0.5) is 0 Å². The fraction of sp³-hybridized carbons (Fsp3) is 0.300. The van der Waals surface area contributed by atoms with Crippen LogP contribution in [0.1, 0.15) is 36.6 Å². The van der Waals surface area contributed by atoms with Gasteiger partial charge in [-0.05, 0) is 30.4 Å². The molecule has 1 aliphatic rings. The van der Waals surface area contributed by atoms with Crippen LogP contribution in [-0.2, 0) is 22.6 Å². The number of nitrogens with zero attached hydrogens (tertiary/aromatic N) is 3. The Labute approximate surface area is 157 Å². The minimum Gasteiger partial charge on any atom is -0.479 e. The zero-order valence-electron chi connectivity index (χ0n) is 14.9. The number of rotatable bonds is 8. The molecular formula is C20H22N4O3. The molecule has 0 fully saturated rings. The number of benzene rings is 1. The SMILES string of the molecule is O=C(CCc1cnnn1CC1=CCCC=C1)N[C@@H](C(=O)O)c1ccccc1. The molecule has 0 aliphatic heterocycles. The van der Waals surface area contributed by atoms with Gasteiger partial charge < -0.3 is 10.4 Å². The summed E-state index contributed by atoms with van der Waals surface area (Å²) in [6.45, 7) is 0.620. The number of allylic oxidation sites excluding steroid dienone is 4. The fourth-order valence-corrected chi connectivity index (χ4v) is 2.97. The molecule has 3 rings (SSSR count). The van der Waals surface area contributed by atoms with Crippen LogP contribution in [-0.4, -0.2) is 32.0 Å². The van der Waals surface area contributed by atoms with Crippen LogP contribution in [0.5, 0.6) is 0 Å². The molecule has 0 radical (unpaired) electrons. The number of carboxylic acid groups (broad SMARTS) is 1. The first-order valence-electron chi connectivity index (χ1n) is 8.93. The highest BCUT2D eigenvalue weighted by Crippen LogP contribution is 2.15. The Hall–Kier alpha value is -3.22. The summed E-state index contributed by atoms with van der Waals surface area (Å²) in [6.07, 6.45) is 10.7. The topological polar surface area (TPSA) is 97.1 Å². The minimum absolute atomic E-state index is 0.166. The van der Waals surface area contributed by atoms with E-state index in [0.717, 1.165) is 18.5 Å². The van der Waals surface area contributed by atoms with Crippen molar-refractivity contribution in [3.8, 4) is 0 Å². The van der Waals surface area contributed by atoms with Gasteiger partial charge in [0.25, 0.3) is 0 Å². The van der Waals surface area contributed by atoms with Gasteiger partial charge in [-0.1, -0.05) is 53.8 Å². The molecule has 140 valence electrons. The number of carbonyl (C=O) groups excluding carboxylic acids is 1. The maximum atomic E-state index is 12.3. The first kappa shape index (κ1) is 18.6. The van der Waals surface area contributed by atoms with Crippen molar-refractivity contribution in [2.75, 3.05) is 0 Å². The van der Waals surface area contributed by atoms with Crippen LogP contribution in [0.15, 0.2) is 60.3 Å². The monoisotopic (exact) mass is 366 g/mol. The van der Waals surface area contributed by atoms with Crippen LogP contribution in [0, 0.1) is 0 Å². The summed E-state index contributed by atoms with van der Waals surface area (Å²) in [4.78, 5) is 23.8. The van der Waals surface area contributed by atoms with Gasteiger partial charge >= 0.3 is 5.97 Å². The van der Waals surface area contributed by atoms with E-state index in [9.17, 15) is 14.7 Å². The third kappa shape index (κ3) is 5.13. The van der Waals surface area contributed by atoms with Crippen molar-refractivity contribution in [1.29, 1.82) is 0 Å². The molecule has 0 unspecified atom stereocenters. The summed E-state index contributed by atoms with van der Waals surface area (Å²) in [5.74, 6) is -1.41. The van der Waals surface area contributed by atoms with Gasteiger partial charge in [-0.3, -0.25) is 4.79 Å². The molecule has 1 atom stereocenters. The third-order valence-electron chi connectivity index (χ3n) is 4.40. The normalized spacial score (nSPS) is 14.4. The first-order valence-corrected chi connectivity index (χ1v) is 8.93. The van der Waals surface area contributed by atoms with E-state index in [1.807, 2.05) is 0 Å². The van der Waals surface area contributed by atoms with Crippen molar-refractivity contribution >= 4 is 11.9 Å². The second-order valence-electron chi connectivity index (χ2n) is 6.39. The van der Waals surface area contributed by atoms with Crippen molar-refractivity contribution in [3.05, 3.63) is 71.6 Å². The predicted molar refractivity (Wildman–Crippen MR) is 99.8 cm³/mol. The zero-order chi connectivity index (χ0) is 19.1. The number of aryl methyl sites for hydroxylation is 1. The highest BCUT2D eigenvalue weighted by Gasteiger charge is 2.21. The zero-order valence-corrected chi connectivity index (χ0v) is 14.9. The molecule has 1 aromatic carbocycles. The van der Waals surface area contributed by atoms with E-state index in [1.165, 1.54) is 5.57 Å². The first-order chi connectivity index (χ1) is 13.1. The largest absolute Gasteiger partial charge is 0.479 e. The molecule has 0 bridgehead atoms. The molecule has 2 aromatic rings. The molecule has 7 nitrogen and oxygen atoms in total. The van der Waals surface area contributed by atoms with Crippen molar-refractivity contribution < 1.29 is 14.7 Å². The number of carboxylic acids is 1. The van der Waals surface area contributed by atoms with Gasteiger partial charge in [-0.2, -0.15) is 0 Å². The summed E-state index contributed by atoms with van der Waals surface area (Å²) >= 11 is 0. The molecule has 27 heavy (non-hydrogen) atoms. The van der Waals surface area contributed by atoms with Gasteiger partial charge in [-0.15, -0.1) is 5.10 Å². The number of aromatic nitrogens is 3. The van der Waals surface area contributed by atoms with Crippen molar-refractivity contribution in [1.82, 2.24) is 20.3 Å². The Balaban J connectivity index is 1.58. The molecule has 1 amide bonds. The second kappa shape index (κ2) is 8.93. The summed E-state index contributed by atoms with van der Waals surface area (Å²) in [5.41, 5.74) is 2.56. The van der Waals surface area contributed by atoms with Crippen LogP contribution in [0.2, 0.25) is 0 Å². The van der Waals surface area contributed by atoms with Crippen LogP contribution >= 0.6 is 0 Å². The van der Waals surface area contributed by atoms with E-state index in [4.69, 9.17) is 0 Å². The number of carbonyl (C=O) groups is 2. The Morgan fingerprint density at radius 1 is 1.22 bits per heavy atom. The quantitative estimate of drug-likeness (QED) is 0.748. The standard InChI is InChI=1S/C20H22N4O3/c25-18(22-19(20(26)27)16-9-5-2-6-10-16)12-11-17-13-21-23-24(17)14-15-7-3-1-4-8-15/h2-3,5-10,13,19H,1,4,11-12,14H2,(H,22,25)(H,26,27)/t19-/m1/s1. The lowest BCUT2D eigenvalue weighted by molar-refractivity contribution is -0.142. The molecule has 1 aliphatic carbocycles. The summed E-state index contributed by atoms with van der Waals surface area (Å²) in [7, 11) is 0. The third-order valence-corrected chi connectivity index (χ3v) is 4.40. The Morgan fingerprint density at radius 2 is 2.04 bits per heavy atom. The van der Waals surface area contributed by atoms with Gasteiger partial charge in [0.15, 0.2) is 6.04 Å². The molecule has 0 spiro atoms. The number of aliphatic carboxylic acids is 1. The highest BCUT2D eigenvalue weighted by atomic mass is 16.4. The average molecular weight is 366 g/mol. The second-order valence-corrected chi connectivity index (χ2v) is 6.39. The van der Waals surface area contributed by atoms with Crippen molar-refractivity contribution in [2.24, 2.45) is 0 Å². The maximum Gasteiger partial charge on any atom is 0.330 e. The van der Waals surface area contributed by atoms with Crippen LogP contribution in [0.3, 0.4) is 0 Å². The molecule has 0 saturated heterocycles. The predicted octanol–water partition coefficient (Wildman–Crippen LogP) is 2.43. The van der Waals surface area contributed by atoms with E-state index in [-0.39, 0.29) is 12.3 Å². The highest BCUT2D eigenvalue weighted by molar-refractivity contribution is 5.84. The molecule has 1 aromatic heterocycles. The van der Waals surface area contributed by atoms with Gasteiger partial charge in [0, 0.05) is 6.42 Å². The van der Waals surface area contributed by atoms with E-state index in [0.29, 0.717) is 18.5 Å². The molecule has 7 heteroatoms. The van der Waals surface area contributed by atoms with Gasteiger partial charge in [-0.25, -0.2) is 9.48 Å². The Bertz CT molecular complexity index is 855. The van der Waals surface area contributed by atoms with Crippen LogP contribution < -0.4 is 5.32 Å². The van der Waals surface area contributed by atoms with E-state index in [1.54, 1.807) is 41.2 Å². The average Bonchev–Trinajstić information content (AvgIpc) is 3.12. The molecule has 1 heterocycles. The van der Waals surface area contributed by atoms with Crippen molar-refractivity contribution in [2.45, 2.75) is 38.3 Å². The smallest absolute Gasteiger partial charge is 0.330 e.